The van der Waals surface area contributed by atoms with E-state index in [9.17, 15) is 4.79 Å². The van der Waals surface area contributed by atoms with Crippen LogP contribution in [0, 0.1) is 6.92 Å². The maximum atomic E-state index is 11.7. The third-order valence-corrected chi connectivity index (χ3v) is 3.29. The zero-order chi connectivity index (χ0) is 16.8. The number of oxazole rings is 1. The van der Waals surface area contributed by atoms with Gasteiger partial charge in [-0.3, -0.25) is 0 Å². The Balaban J connectivity index is 1.44. The van der Waals surface area contributed by atoms with Crippen LogP contribution in [0.3, 0.4) is 0 Å². The Morgan fingerprint density at radius 2 is 1.92 bits per heavy atom. The fourth-order valence-corrected chi connectivity index (χ4v) is 2.09. The smallest absolute Gasteiger partial charge is 0.331 e. The van der Waals surface area contributed by atoms with Crippen molar-refractivity contribution in [2.24, 2.45) is 0 Å². The van der Waals surface area contributed by atoms with E-state index in [1.807, 2.05) is 55.5 Å². The summed E-state index contributed by atoms with van der Waals surface area (Å²) in [6.45, 7) is 2.48. The topological polar surface area (TPSA) is 61.6 Å². The number of hydrogen-bond donors (Lipinski definition) is 0. The molecule has 1 aromatic heterocycles. The molecule has 0 saturated heterocycles. The van der Waals surface area contributed by atoms with E-state index in [4.69, 9.17) is 13.9 Å². The van der Waals surface area contributed by atoms with E-state index in [0.29, 0.717) is 18.1 Å². The quantitative estimate of drug-likeness (QED) is 0.392. The molecule has 2 aromatic carbocycles. The summed E-state index contributed by atoms with van der Waals surface area (Å²) in [6, 6.07) is 15.1. The van der Waals surface area contributed by atoms with Gasteiger partial charge in [-0.15, -0.1) is 0 Å². The fourth-order valence-electron chi connectivity index (χ4n) is 2.09. The lowest BCUT2D eigenvalue weighted by molar-refractivity contribution is -0.138. The average Bonchev–Trinajstić information content (AvgIpc) is 3.01. The third kappa shape index (κ3) is 4.23. The molecule has 0 N–H and O–H groups in total. The first kappa shape index (κ1) is 15.8. The monoisotopic (exact) mass is 323 g/mol. The Morgan fingerprint density at radius 3 is 2.71 bits per heavy atom. The maximum Gasteiger partial charge on any atom is 0.331 e. The van der Waals surface area contributed by atoms with Crippen molar-refractivity contribution >= 4 is 23.1 Å². The molecule has 0 atom stereocenters. The Morgan fingerprint density at radius 1 is 1.12 bits per heavy atom. The molecule has 24 heavy (non-hydrogen) atoms. The van der Waals surface area contributed by atoms with Crippen LogP contribution in [0.4, 0.5) is 0 Å². The molecule has 0 saturated carbocycles. The first-order valence-corrected chi connectivity index (χ1v) is 7.60. The number of ether oxygens (including phenoxy) is 2. The van der Waals surface area contributed by atoms with Gasteiger partial charge in [0.15, 0.2) is 5.58 Å². The van der Waals surface area contributed by atoms with Crippen LogP contribution < -0.4 is 4.74 Å². The van der Waals surface area contributed by atoms with Gasteiger partial charge in [0.2, 0.25) is 5.89 Å². The van der Waals surface area contributed by atoms with Gasteiger partial charge in [-0.25, -0.2) is 9.78 Å². The second-order valence-corrected chi connectivity index (χ2v) is 5.18. The zero-order valence-electron chi connectivity index (χ0n) is 13.3. The molecule has 5 heteroatoms. The fraction of sp³-hybridized carbons (Fsp3) is 0.158. The Kier molecular flexibility index (Phi) is 4.91. The van der Waals surface area contributed by atoms with Gasteiger partial charge in [0.05, 0.1) is 0 Å². The van der Waals surface area contributed by atoms with Gasteiger partial charge in [0.25, 0.3) is 0 Å². The van der Waals surface area contributed by atoms with Crippen molar-refractivity contribution in [3.05, 3.63) is 66.1 Å². The predicted molar refractivity (Wildman–Crippen MR) is 90.7 cm³/mol. The van der Waals surface area contributed by atoms with E-state index < -0.39 is 5.97 Å². The third-order valence-electron chi connectivity index (χ3n) is 3.29. The van der Waals surface area contributed by atoms with Gasteiger partial charge < -0.3 is 13.9 Å². The molecule has 0 amide bonds. The van der Waals surface area contributed by atoms with Crippen LogP contribution in [0.1, 0.15) is 11.5 Å². The van der Waals surface area contributed by atoms with E-state index in [1.165, 1.54) is 12.2 Å². The van der Waals surface area contributed by atoms with Crippen molar-refractivity contribution in [2.45, 2.75) is 6.92 Å². The van der Waals surface area contributed by atoms with Crippen LogP contribution >= 0.6 is 0 Å². The number of rotatable bonds is 6. The molecule has 3 rings (SSSR count). The van der Waals surface area contributed by atoms with E-state index in [0.717, 1.165) is 16.8 Å². The summed E-state index contributed by atoms with van der Waals surface area (Å²) in [5, 5.41) is 0. The number of hydrogen-bond acceptors (Lipinski definition) is 5. The molecule has 122 valence electrons. The number of aryl methyl sites for hydroxylation is 1. The first-order chi connectivity index (χ1) is 11.7. The second-order valence-electron chi connectivity index (χ2n) is 5.18. The molecule has 0 spiro atoms. The molecule has 0 aliphatic heterocycles. The van der Waals surface area contributed by atoms with E-state index in [1.54, 1.807) is 0 Å². The molecule has 0 aliphatic rings. The van der Waals surface area contributed by atoms with E-state index in [2.05, 4.69) is 4.98 Å². The number of aromatic nitrogens is 1. The molecular formula is C19H17NO4. The van der Waals surface area contributed by atoms with Gasteiger partial charge in [-0.1, -0.05) is 29.8 Å². The summed E-state index contributed by atoms with van der Waals surface area (Å²) < 4.78 is 16.0. The minimum Gasteiger partial charge on any atom is -0.490 e. The van der Waals surface area contributed by atoms with Crippen LogP contribution in [-0.2, 0) is 9.53 Å². The summed E-state index contributed by atoms with van der Waals surface area (Å²) in [5.41, 5.74) is 2.59. The van der Waals surface area contributed by atoms with Crippen LogP contribution in [0.15, 0.2) is 59.0 Å². The number of para-hydroxylation sites is 2. The largest absolute Gasteiger partial charge is 0.490 e. The van der Waals surface area contributed by atoms with Crippen LogP contribution in [-0.4, -0.2) is 24.2 Å². The number of carbonyl (C=O) groups excluding carboxylic acids is 1. The lowest BCUT2D eigenvalue weighted by atomic mass is 10.2. The molecule has 0 fully saturated rings. The first-order valence-electron chi connectivity index (χ1n) is 7.60. The van der Waals surface area contributed by atoms with Crippen molar-refractivity contribution in [3.63, 3.8) is 0 Å². The summed E-state index contributed by atoms with van der Waals surface area (Å²) in [4.78, 5) is 15.9. The van der Waals surface area contributed by atoms with Crippen molar-refractivity contribution in [3.8, 4) is 5.75 Å². The van der Waals surface area contributed by atoms with Gasteiger partial charge >= 0.3 is 5.97 Å². The highest BCUT2D eigenvalue weighted by Crippen LogP contribution is 2.15. The highest BCUT2D eigenvalue weighted by atomic mass is 16.6. The van der Waals surface area contributed by atoms with Crippen LogP contribution in [0.2, 0.25) is 0 Å². The molecular weight excluding hydrogens is 306 g/mol. The van der Waals surface area contributed by atoms with E-state index in [-0.39, 0.29) is 6.61 Å². The maximum absolute atomic E-state index is 11.7. The molecule has 5 nitrogen and oxygen atoms in total. The van der Waals surface area contributed by atoms with Crippen LogP contribution in [0.5, 0.6) is 5.75 Å². The minimum absolute atomic E-state index is 0.171. The molecule has 0 aliphatic carbocycles. The van der Waals surface area contributed by atoms with Gasteiger partial charge in [0.1, 0.15) is 24.5 Å². The van der Waals surface area contributed by atoms with Gasteiger partial charge in [0, 0.05) is 12.2 Å². The normalized spacial score (nSPS) is 11.0. The minimum atomic E-state index is -0.468. The van der Waals surface area contributed by atoms with Crippen molar-refractivity contribution in [1.82, 2.24) is 4.98 Å². The molecule has 1 heterocycles. The van der Waals surface area contributed by atoms with Crippen LogP contribution in [0.25, 0.3) is 17.2 Å². The standard InChI is InChI=1S/C19H17NO4/c1-14-6-8-15(9-7-14)22-12-13-23-19(21)11-10-18-20-16-4-2-3-5-17(16)24-18/h2-11H,12-13H2,1H3/b11-10+. The summed E-state index contributed by atoms with van der Waals surface area (Å²) >= 11 is 0. The van der Waals surface area contributed by atoms with Crippen molar-refractivity contribution in [1.29, 1.82) is 0 Å². The van der Waals surface area contributed by atoms with E-state index >= 15 is 0 Å². The molecule has 0 bridgehead atoms. The highest BCUT2D eigenvalue weighted by molar-refractivity contribution is 5.86. The lowest BCUT2D eigenvalue weighted by Gasteiger charge is -2.06. The van der Waals surface area contributed by atoms with Crippen molar-refractivity contribution in [2.75, 3.05) is 13.2 Å². The summed E-state index contributed by atoms with van der Waals surface area (Å²) in [7, 11) is 0. The Hall–Kier alpha value is -3.08. The number of carbonyl (C=O) groups is 1. The average molecular weight is 323 g/mol. The Bertz CT molecular complexity index is 816. The highest BCUT2D eigenvalue weighted by Gasteiger charge is 2.03. The summed E-state index contributed by atoms with van der Waals surface area (Å²) in [6.07, 6.45) is 2.78. The zero-order valence-corrected chi connectivity index (χ0v) is 13.3. The summed E-state index contributed by atoms with van der Waals surface area (Å²) in [5.74, 6) is 0.646. The number of benzene rings is 2. The molecule has 0 radical (unpaired) electrons. The SMILES string of the molecule is Cc1ccc(OCCOC(=O)/C=C/c2nc3ccccc3o2)cc1. The number of nitrogens with zero attached hydrogens (tertiary/aromatic N) is 1. The molecule has 0 unspecified atom stereocenters. The van der Waals surface area contributed by atoms with Crippen molar-refractivity contribution < 1.29 is 18.7 Å². The van der Waals surface area contributed by atoms with Gasteiger partial charge in [-0.2, -0.15) is 0 Å². The Labute approximate surface area is 139 Å². The number of esters is 1. The lowest BCUT2D eigenvalue weighted by Crippen LogP contribution is -2.10. The predicted octanol–water partition coefficient (Wildman–Crippen LogP) is 3.77. The molecule has 3 aromatic rings. The number of fused-ring (bicyclic) bond motifs is 1. The van der Waals surface area contributed by atoms with Gasteiger partial charge in [-0.05, 0) is 31.2 Å². The second kappa shape index (κ2) is 7.46.